The van der Waals surface area contributed by atoms with Gasteiger partial charge in [-0.2, -0.15) is 0 Å². The van der Waals surface area contributed by atoms with Crippen LogP contribution in [0.1, 0.15) is 25.3 Å². The summed E-state index contributed by atoms with van der Waals surface area (Å²) < 4.78 is 27.8. The second-order valence-electron chi connectivity index (χ2n) is 7.39. The summed E-state index contributed by atoms with van der Waals surface area (Å²) >= 11 is 5.91. The molecule has 0 spiro atoms. The van der Waals surface area contributed by atoms with Crippen molar-refractivity contribution in [2.75, 3.05) is 23.9 Å². The number of nitrogens with zero attached hydrogens (tertiary/aromatic N) is 2. The van der Waals surface area contributed by atoms with Gasteiger partial charge in [-0.15, -0.1) is 0 Å². The second-order valence-corrected chi connectivity index (χ2v) is 9.69. The number of hydrogen-bond donors (Lipinski definition) is 0. The van der Waals surface area contributed by atoms with Crippen LogP contribution in [0.25, 0.3) is 0 Å². The molecule has 1 atom stereocenters. The largest absolute Gasteiger partial charge is 0.341 e. The first-order valence-corrected chi connectivity index (χ1v) is 11.2. The predicted octanol–water partition coefficient (Wildman–Crippen LogP) is 4.10. The fourth-order valence-corrected chi connectivity index (χ4v) is 4.94. The first-order chi connectivity index (χ1) is 13.3. The van der Waals surface area contributed by atoms with Gasteiger partial charge >= 0.3 is 0 Å². The molecule has 1 aliphatic rings. The number of amides is 1. The van der Waals surface area contributed by atoms with Crippen molar-refractivity contribution in [1.82, 2.24) is 4.90 Å². The molecule has 28 heavy (non-hydrogen) atoms. The highest BCUT2D eigenvalue weighted by Gasteiger charge is 2.30. The van der Waals surface area contributed by atoms with E-state index in [9.17, 15) is 13.2 Å². The average molecular weight is 421 g/mol. The highest BCUT2D eigenvalue weighted by molar-refractivity contribution is 7.92. The lowest BCUT2D eigenvalue weighted by Crippen LogP contribution is -2.46. The van der Waals surface area contributed by atoms with Gasteiger partial charge in [-0.25, -0.2) is 8.42 Å². The van der Waals surface area contributed by atoms with E-state index in [-0.39, 0.29) is 17.3 Å². The summed E-state index contributed by atoms with van der Waals surface area (Å²) in [5.74, 6) is 0.253. The highest BCUT2D eigenvalue weighted by atomic mass is 35.5. The lowest BCUT2D eigenvalue weighted by molar-refractivity contribution is -0.131. The molecule has 5 nitrogen and oxygen atoms in total. The van der Waals surface area contributed by atoms with Crippen LogP contribution in [0, 0.1) is 12.8 Å². The van der Waals surface area contributed by atoms with Crippen molar-refractivity contribution in [2.24, 2.45) is 5.92 Å². The lowest BCUT2D eigenvalue weighted by Gasteiger charge is -2.33. The van der Waals surface area contributed by atoms with Gasteiger partial charge in [0, 0.05) is 18.1 Å². The summed E-state index contributed by atoms with van der Waals surface area (Å²) in [5, 5.41) is 0.458. The standard InChI is InChI=1S/C21H25ClN2O3S/c1-16-5-9-19(10-6-16)24(15-21(25)23-13-3-4-17(2)14-23)28(26,27)20-11-7-18(22)8-12-20/h5-12,17H,3-4,13-15H2,1-2H3. The summed E-state index contributed by atoms with van der Waals surface area (Å²) in [7, 11) is -3.90. The third-order valence-corrected chi connectivity index (χ3v) is 7.05. The molecule has 0 N–H and O–H groups in total. The Morgan fingerprint density at radius 3 is 2.39 bits per heavy atom. The molecule has 1 heterocycles. The van der Waals surface area contributed by atoms with Crippen LogP contribution >= 0.6 is 11.6 Å². The van der Waals surface area contributed by atoms with Crippen LogP contribution in [-0.4, -0.2) is 38.9 Å². The van der Waals surface area contributed by atoms with Crippen LogP contribution in [0.5, 0.6) is 0 Å². The number of piperidine rings is 1. The van der Waals surface area contributed by atoms with E-state index >= 15 is 0 Å². The average Bonchev–Trinajstić information content (AvgIpc) is 2.67. The summed E-state index contributed by atoms with van der Waals surface area (Å²) in [5.41, 5.74) is 1.49. The maximum atomic E-state index is 13.3. The van der Waals surface area contributed by atoms with Crippen LogP contribution < -0.4 is 4.31 Å². The Kier molecular flexibility index (Phi) is 6.30. The van der Waals surface area contributed by atoms with Crippen LogP contribution in [0.15, 0.2) is 53.4 Å². The quantitative estimate of drug-likeness (QED) is 0.731. The van der Waals surface area contributed by atoms with E-state index in [0.29, 0.717) is 29.7 Å². The van der Waals surface area contributed by atoms with Gasteiger partial charge in [0.05, 0.1) is 10.6 Å². The summed E-state index contributed by atoms with van der Waals surface area (Å²) in [4.78, 5) is 14.8. The number of halogens is 1. The molecule has 0 bridgehead atoms. The number of benzene rings is 2. The molecule has 1 amide bonds. The van der Waals surface area contributed by atoms with Crippen molar-refractivity contribution in [2.45, 2.75) is 31.6 Å². The Morgan fingerprint density at radius 2 is 1.79 bits per heavy atom. The second kappa shape index (κ2) is 8.53. The molecule has 2 aromatic rings. The van der Waals surface area contributed by atoms with Crippen LogP contribution in [-0.2, 0) is 14.8 Å². The fraction of sp³-hybridized carbons (Fsp3) is 0.381. The molecular formula is C21H25ClN2O3S. The van der Waals surface area contributed by atoms with Crippen LogP contribution in [0.3, 0.4) is 0 Å². The first kappa shape index (κ1) is 20.7. The summed E-state index contributed by atoms with van der Waals surface area (Å²) in [6.07, 6.45) is 2.04. The molecule has 0 radical (unpaired) electrons. The maximum Gasteiger partial charge on any atom is 0.264 e. The minimum atomic E-state index is -3.90. The van der Waals surface area contributed by atoms with Gasteiger partial charge in [-0.1, -0.05) is 36.2 Å². The maximum absolute atomic E-state index is 13.3. The molecular weight excluding hydrogens is 396 g/mol. The van der Waals surface area contributed by atoms with E-state index in [2.05, 4.69) is 6.92 Å². The zero-order valence-corrected chi connectivity index (χ0v) is 17.7. The normalized spacial score (nSPS) is 17.4. The van der Waals surface area contributed by atoms with Crippen molar-refractivity contribution in [3.63, 3.8) is 0 Å². The number of rotatable bonds is 5. The smallest absolute Gasteiger partial charge is 0.264 e. The lowest BCUT2D eigenvalue weighted by atomic mass is 10.0. The molecule has 3 rings (SSSR count). The summed E-state index contributed by atoms with van der Waals surface area (Å²) in [6, 6.07) is 13.1. The molecule has 1 unspecified atom stereocenters. The number of aryl methyl sites for hydroxylation is 1. The van der Waals surface area contributed by atoms with Crippen molar-refractivity contribution in [3.8, 4) is 0 Å². The summed E-state index contributed by atoms with van der Waals surface area (Å²) in [6.45, 7) is 5.16. The molecule has 1 saturated heterocycles. The molecule has 2 aromatic carbocycles. The van der Waals surface area contributed by atoms with E-state index < -0.39 is 10.0 Å². The zero-order chi connectivity index (χ0) is 20.3. The Balaban J connectivity index is 1.94. The monoisotopic (exact) mass is 420 g/mol. The highest BCUT2D eigenvalue weighted by Crippen LogP contribution is 2.26. The SMILES string of the molecule is Cc1ccc(N(CC(=O)N2CCCC(C)C2)S(=O)(=O)c2ccc(Cl)cc2)cc1. The van der Waals surface area contributed by atoms with E-state index in [1.165, 1.54) is 28.6 Å². The Morgan fingerprint density at radius 1 is 1.14 bits per heavy atom. The molecule has 1 fully saturated rings. The number of carbonyl (C=O) groups is 1. The van der Waals surface area contributed by atoms with E-state index in [1.54, 1.807) is 17.0 Å². The topological polar surface area (TPSA) is 57.7 Å². The molecule has 7 heteroatoms. The molecule has 0 aliphatic carbocycles. The third-order valence-electron chi connectivity index (χ3n) is 5.01. The van der Waals surface area contributed by atoms with Gasteiger partial charge in [0.15, 0.2) is 0 Å². The Bertz CT molecular complexity index is 927. The predicted molar refractivity (Wildman–Crippen MR) is 112 cm³/mol. The van der Waals surface area contributed by atoms with Gasteiger partial charge in [-0.05, 0) is 62.1 Å². The minimum Gasteiger partial charge on any atom is -0.341 e. The van der Waals surface area contributed by atoms with Crippen molar-refractivity contribution in [3.05, 3.63) is 59.1 Å². The van der Waals surface area contributed by atoms with Gasteiger partial charge in [0.25, 0.3) is 10.0 Å². The number of likely N-dealkylation sites (tertiary alicyclic amines) is 1. The van der Waals surface area contributed by atoms with Crippen molar-refractivity contribution >= 4 is 33.2 Å². The molecule has 0 saturated carbocycles. The van der Waals surface area contributed by atoms with E-state index in [4.69, 9.17) is 11.6 Å². The zero-order valence-electron chi connectivity index (χ0n) is 16.1. The van der Waals surface area contributed by atoms with Gasteiger partial charge in [-0.3, -0.25) is 9.10 Å². The number of hydrogen-bond acceptors (Lipinski definition) is 3. The number of anilines is 1. The molecule has 1 aliphatic heterocycles. The fourth-order valence-electron chi connectivity index (χ4n) is 3.40. The van der Waals surface area contributed by atoms with Gasteiger partial charge in [0.1, 0.15) is 6.54 Å². The molecule has 0 aromatic heterocycles. The third kappa shape index (κ3) is 4.67. The Hall–Kier alpha value is -2.05. The van der Waals surface area contributed by atoms with Crippen molar-refractivity contribution < 1.29 is 13.2 Å². The minimum absolute atomic E-state index is 0.109. The van der Waals surface area contributed by atoms with Gasteiger partial charge in [0.2, 0.25) is 5.91 Å². The molecule has 150 valence electrons. The van der Waals surface area contributed by atoms with Gasteiger partial charge < -0.3 is 4.90 Å². The number of sulfonamides is 1. The first-order valence-electron chi connectivity index (χ1n) is 9.40. The van der Waals surface area contributed by atoms with Crippen molar-refractivity contribution in [1.29, 1.82) is 0 Å². The van der Waals surface area contributed by atoms with E-state index in [1.807, 2.05) is 19.1 Å². The Labute approximate surface area is 172 Å². The van der Waals surface area contributed by atoms with Crippen LogP contribution in [0.4, 0.5) is 5.69 Å². The van der Waals surface area contributed by atoms with E-state index in [0.717, 1.165) is 18.4 Å². The van der Waals surface area contributed by atoms with Crippen LogP contribution in [0.2, 0.25) is 5.02 Å². The number of carbonyl (C=O) groups excluding carboxylic acids is 1.